The van der Waals surface area contributed by atoms with Gasteiger partial charge in [0.15, 0.2) is 4.77 Å². The molecule has 0 aromatic carbocycles. The predicted molar refractivity (Wildman–Crippen MR) is 68.2 cm³/mol. The molecule has 90 valence electrons. The molecule has 0 spiro atoms. The Kier molecular flexibility index (Phi) is 3.63. The number of nitrogens with one attached hydrogen (secondary N) is 1. The van der Waals surface area contributed by atoms with E-state index in [9.17, 15) is 0 Å². The summed E-state index contributed by atoms with van der Waals surface area (Å²) in [4.78, 5) is 2.35. The highest BCUT2D eigenvalue weighted by molar-refractivity contribution is 7.71. The van der Waals surface area contributed by atoms with E-state index < -0.39 is 0 Å². The van der Waals surface area contributed by atoms with Crippen molar-refractivity contribution in [2.75, 3.05) is 18.0 Å². The Hall–Kier alpha value is -0.840. The highest BCUT2D eigenvalue weighted by atomic mass is 32.1. The average molecular weight is 240 g/mol. The summed E-state index contributed by atoms with van der Waals surface area (Å²) in [6, 6.07) is 0. The van der Waals surface area contributed by atoms with Crippen molar-refractivity contribution in [1.82, 2.24) is 14.8 Å². The monoisotopic (exact) mass is 240 g/mol. The molecule has 1 aromatic heterocycles. The Bertz CT molecular complexity index is 395. The Morgan fingerprint density at radius 3 is 2.88 bits per heavy atom. The van der Waals surface area contributed by atoms with Gasteiger partial charge in [0.1, 0.15) is 0 Å². The fourth-order valence-corrected chi connectivity index (χ4v) is 2.52. The Labute approximate surface area is 102 Å². The summed E-state index contributed by atoms with van der Waals surface area (Å²) in [7, 11) is 1.98. The predicted octanol–water partition coefficient (Wildman–Crippen LogP) is 2.49. The van der Waals surface area contributed by atoms with E-state index in [-0.39, 0.29) is 0 Å². The molecule has 1 aliphatic rings. The van der Waals surface area contributed by atoms with Crippen molar-refractivity contribution in [1.29, 1.82) is 0 Å². The van der Waals surface area contributed by atoms with Crippen LogP contribution in [0.2, 0.25) is 0 Å². The minimum atomic E-state index is 0.700. The standard InChI is InChI=1S/C11H20N4S/c1-3-9-5-4-7-15(8-6-9)10-12-13-11(16)14(10)2/h9H,3-8H2,1-2H3,(H,13,16). The first-order valence-electron chi connectivity index (χ1n) is 6.08. The molecule has 16 heavy (non-hydrogen) atoms. The second kappa shape index (κ2) is 4.99. The number of H-pyrrole nitrogens is 1. The summed E-state index contributed by atoms with van der Waals surface area (Å²) in [6.07, 6.45) is 5.18. The van der Waals surface area contributed by atoms with E-state index in [1.165, 1.54) is 25.7 Å². The van der Waals surface area contributed by atoms with Crippen molar-refractivity contribution in [3.05, 3.63) is 4.77 Å². The van der Waals surface area contributed by atoms with E-state index in [4.69, 9.17) is 12.2 Å². The van der Waals surface area contributed by atoms with Gasteiger partial charge in [0.2, 0.25) is 5.95 Å². The van der Waals surface area contributed by atoms with Crippen LogP contribution in [0.3, 0.4) is 0 Å². The van der Waals surface area contributed by atoms with E-state index >= 15 is 0 Å². The molecule has 0 bridgehead atoms. The molecular weight excluding hydrogens is 220 g/mol. The second-order valence-corrected chi connectivity index (χ2v) is 4.97. The zero-order valence-electron chi connectivity index (χ0n) is 10.1. The smallest absolute Gasteiger partial charge is 0.225 e. The van der Waals surface area contributed by atoms with Crippen molar-refractivity contribution in [3.63, 3.8) is 0 Å². The first-order chi connectivity index (χ1) is 7.72. The van der Waals surface area contributed by atoms with E-state index in [0.717, 1.165) is 25.0 Å². The van der Waals surface area contributed by atoms with Gasteiger partial charge >= 0.3 is 0 Å². The molecular formula is C11H20N4S. The lowest BCUT2D eigenvalue weighted by molar-refractivity contribution is 0.459. The SMILES string of the molecule is CCC1CCCN(c2n[nH]c(=S)n2C)CC1. The van der Waals surface area contributed by atoms with Crippen LogP contribution in [0.1, 0.15) is 32.6 Å². The van der Waals surface area contributed by atoms with Crippen LogP contribution in [0.15, 0.2) is 0 Å². The second-order valence-electron chi connectivity index (χ2n) is 4.58. The van der Waals surface area contributed by atoms with E-state index in [1.54, 1.807) is 0 Å². The van der Waals surface area contributed by atoms with Crippen LogP contribution in [0.25, 0.3) is 0 Å². The van der Waals surface area contributed by atoms with Crippen LogP contribution in [-0.4, -0.2) is 27.9 Å². The summed E-state index contributed by atoms with van der Waals surface area (Å²) in [6.45, 7) is 4.49. The normalized spacial score (nSPS) is 22.1. The highest BCUT2D eigenvalue weighted by Crippen LogP contribution is 2.22. The number of rotatable bonds is 2. The molecule has 0 saturated carbocycles. The van der Waals surface area contributed by atoms with Crippen molar-refractivity contribution in [2.45, 2.75) is 32.6 Å². The van der Waals surface area contributed by atoms with Gasteiger partial charge in [-0.1, -0.05) is 13.3 Å². The molecule has 2 heterocycles. The number of hydrogen-bond donors (Lipinski definition) is 1. The van der Waals surface area contributed by atoms with Crippen LogP contribution >= 0.6 is 12.2 Å². The minimum absolute atomic E-state index is 0.700. The van der Waals surface area contributed by atoms with Crippen LogP contribution in [-0.2, 0) is 7.05 Å². The van der Waals surface area contributed by atoms with Crippen molar-refractivity contribution in [3.8, 4) is 0 Å². The number of aromatic nitrogens is 3. The molecule has 1 saturated heterocycles. The third-order valence-electron chi connectivity index (χ3n) is 3.56. The maximum Gasteiger partial charge on any atom is 0.225 e. The van der Waals surface area contributed by atoms with Gasteiger partial charge in [0, 0.05) is 20.1 Å². The van der Waals surface area contributed by atoms with E-state index in [1.807, 2.05) is 11.6 Å². The maximum absolute atomic E-state index is 5.14. The molecule has 0 radical (unpaired) electrons. The van der Waals surface area contributed by atoms with Crippen molar-refractivity contribution < 1.29 is 0 Å². The lowest BCUT2D eigenvalue weighted by Gasteiger charge is -2.20. The Morgan fingerprint density at radius 2 is 2.25 bits per heavy atom. The lowest BCUT2D eigenvalue weighted by atomic mass is 9.98. The van der Waals surface area contributed by atoms with Gasteiger partial charge in [-0.25, -0.2) is 5.10 Å². The first-order valence-corrected chi connectivity index (χ1v) is 6.49. The molecule has 1 unspecified atom stereocenters. The summed E-state index contributed by atoms with van der Waals surface area (Å²) in [5, 5.41) is 7.16. The minimum Gasteiger partial charge on any atom is -0.341 e. The van der Waals surface area contributed by atoms with Crippen LogP contribution < -0.4 is 4.90 Å². The van der Waals surface area contributed by atoms with Gasteiger partial charge in [0.05, 0.1) is 0 Å². The maximum atomic E-state index is 5.14. The fraction of sp³-hybridized carbons (Fsp3) is 0.818. The largest absolute Gasteiger partial charge is 0.341 e. The third-order valence-corrected chi connectivity index (χ3v) is 3.93. The average Bonchev–Trinajstić information content (AvgIpc) is 2.55. The van der Waals surface area contributed by atoms with E-state index in [2.05, 4.69) is 22.0 Å². The first kappa shape index (κ1) is 11.6. The molecule has 1 N–H and O–H groups in total. The molecule has 0 amide bonds. The molecule has 2 rings (SSSR count). The molecule has 1 atom stereocenters. The fourth-order valence-electron chi connectivity index (χ4n) is 2.40. The summed E-state index contributed by atoms with van der Waals surface area (Å²) in [5.41, 5.74) is 0. The van der Waals surface area contributed by atoms with Gasteiger partial charge in [-0.2, -0.15) is 0 Å². The number of aromatic amines is 1. The molecule has 0 aliphatic carbocycles. The Morgan fingerprint density at radius 1 is 1.44 bits per heavy atom. The summed E-state index contributed by atoms with van der Waals surface area (Å²) < 4.78 is 2.66. The number of anilines is 1. The summed E-state index contributed by atoms with van der Waals surface area (Å²) >= 11 is 5.14. The van der Waals surface area contributed by atoms with Gasteiger partial charge in [-0.05, 0) is 37.4 Å². The zero-order chi connectivity index (χ0) is 11.5. The Balaban J connectivity index is 2.10. The molecule has 4 nitrogen and oxygen atoms in total. The van der Waals surface area contributed by atoms with Gasteiger partial charge in [0.25, 0.3) is 0 Å². The van der Waals surface area contributed by atoms with E-state index in [0.29, 0.717) is 4.77 Å². The molecule has 1 aliphatic heterocycles. The molecule has 1 aromatic rings. The quantitative estimate of drug-likeness (QED) is 0.807. The van der Waals surface area contributed by atoms with Crippen LogP contribution in [0, 0.1) is 10.7 Å². The van der Waals surface area contributed by atoms with Crippen molar-refractivity contribution in [2.24, 2.45) is 13.0 Å². The highest BCUT2D eigenvalue weighted by Gasteiger charge is 2.18. The zero-order valence-corrected chi connectivity index (χ0v) is 10.9. The topological polar surface area (TPSA) is 36.9 Å². The van der Waals surface area contributed by atoms with Crippen molar-refractivity contribution >= 4 is 18.2 Å². The number of hydrogen-bond acceptors (Lipinski definition) is 3. The third kappa shape index (κ3) is 2.29. The van der Waals surface area contributed by atoms with Gasteiger partial charge < -0.3 is 4.90 Å². The van der Waals surface area contributed by atoms with Crippen LogP contribution in [0.4, 0.5) is 5.95 Å². The number of nitrogens with zero attached hydrogens (tertiary/aromatic N) is 3. The molecule has 1 fully saturated rings. The van der Waals surface area contributed by atoms with Gasteiger partial charge in [-0.3, -0.25) is 4.57 Å². The van der Waals surface area contributed by atoms with Gasteiger partial charge in [-0.15, -0.1) is 5.10 Å². The van der Waals surface area contributed by atoms with Crippen LogP contribution in [0.5, 0.6) is 0 Å². The summed E-state index contributed by atoms with van der Waals surface area (Å²) in [5.74, 6) is 1.87. The lowest BCUT2D eigenvalue weighted by Crippen LogP contribution is -2.27. The molecule has 5 heteroatoms.